The Balaban J connectivity index is 1.83. The molecule has 1 aromatic heterocycles. The lowest BCUT2D eigenvalue weighted by Gasteiger charge is -2.10. The summed E-state index contributed by atoms with van der Waals surface area (Å²) in [5.74, 6) is 6.30. The van der Waals surface area contributed by atoms with E-state index in [0.717, 1.165) is 5.56 Å². The topological polar surface area (TPSA) is 56.7 Å². The van der Waals surface area contributed by atoms with Crippen LogP contribution in [-0.4, -0.2) is 14.9 Å². The number of nitrogens with two attached hydrogens (primary N) is 1. The van der Waals surface area contributed by atoms with Crippen LogP contribution in [0.5, 0.6) is 0 Å². The Morgan fingerprint density at radius 3 is 2.41 bits per heavy atom. The number of nitrogen functional groups attached to an aromatic ring is 1. The van der Waals surface area contributed by atoms with E-state index in [1.54, 1.807) is 12.1 Å². The molecule has 2 aromatic carbocycles. The standard InChI is InChI=1S/C16H15FN4S/c1-11(12-5-3-2-4-6-12)22-16-20-19-15(21(16)18)13-7-9-14(17)10-8-13/h2-11H,18H2,1H3. The average Bonchev–Trinajstić information content (AvgIpc) is 2.90. The Morgan fingerprint density at radius 1 is 1.05 bits per heavy atom. The van der Waals surface area contributed by atoms with Crippen molar-refractivity contribution in [2.75, 3.05) is 5.84 Å². The van der Waals surface area contributed by atoms with Gasteiger partial charge in [-0.25, -0.2) is 9.07 Å². The first-order valence-electron chi connectivity index (χ1n) is 6.83. The summed E-state index contributed by atoms with van der Waals surface area (Å²) >= 11 is 1.53. The number of halogens is 1. The maximum absolute atomic E-state index is 13.0. The molecule has 0 saturated heterocycles. The smallest absolute Gasteiger partial charge is 0.210 e. The zero-order valence-electron chi connectivity index (χ0n) is 12.0. The molecule has 0 bridgehead atoms. The van der Waals surface area contributed by atoms with Crippen molar-refractivity contribution >= 4 is 11.8 Å². The van der Waals surface area contributed by atoms with Crippen molar-refractivity contribution in [1.29, 1.82) is 0 Å². The lowest BCUT2D eigenvalue weighted by atomic mass is 10.2. The normalized spacial score (nSPS) is 12.3. The average molecular weight is 314 g/mol. The Bertz CT molecular complexity index is 756. The number of benzene rings is 2. The van der Waals surface area contributed by atoms with Gasteiger partial charge in [0.25, 0.3) is 0 Å². The van der Waals surface area contributed by atoms with E-state index >= 15 is 0 Å². The van der Waals surface area contributed by atoms with Gasteiger partial charge in [-0.15, -0.1) is 10.2 Å². The van der Waals surface area contributed by atoms with Crippen molar-refractivity contribution in [3.63, 3.8) is 0 Å². The summed E-state index contributed by atoms with van der Waals surface area (Å²) in [6.07, 6.45) is 0. The molecular weight excluding hydrogens is 299 g/mol. The maximum Gasteiger partial charge on any atom is 0.210 e. The summed E-state index contributed by atoms with van der Waals surface area (Å²) in [7, 11) is 0. The Hall–Kier alpha value is -2.34. The molecule has 0 radical (unpaired) electrons. The summed E-state index contributed by atoms with van der Waals surface area (Å²) in [5, 5.41) is 9.07. The van der Waals surface area contributed by atoms with Gasteiger partial charge in [-0.1, -0.05) is 42.1 Å². The van der Waals surface area contributed by atoms with Crippen LogP contribution in [0.3, 0.4) is 0 Å². The van der Waals surface area contributed by atoms with E-state index in [4.69, 9.17) is 5.84 Å². The second-order valence-electron chi connectivity index (χ2n) is 4.85. The van der Waals surface area contributed by atoms with Crippen molar-refractivity contribution in [2.45, 2.75) is 17.3 Å². The summed E-state index contributed by atoms with van der Waals surface area (Å²) in [4.78, 5) is 0. The third-order valence-corrected chi connectivity index (χ3v) is 4.43. The van der Waals surface area contributed by atoms with E-state index in [0.29, 0.717) is 11.0 Å². The summed E-state index contributed by atoms with van der Waals surface area (Å²) in [5.41, 5.74) is 1.93. The minimum atomic E-state index is -0.292. The van der Waals surface area contributed by atoms with E-state index < -0.39 is 0 Å². The molecule has 1 unspecified atom stereocenters. The van der Waals surface area contributed by atoms with Crippen LogP contribution >= 0.6 is 11.8 Å². The van der Waals surface area contributed by atoms with E-state index in [1.165, 1.54) is 34.1 Å². The lowest BCUT2D eigenvalue weighted by Crippen LogP contribution is -2.12. The van der Waals surface area contributed by atoms with Crippen molar-refractivity contribution in [1.82, 2.24) is 14.9 Å². The van der Waals surface area contributed by atoms with Gasteiger partial charge in [0.2, 0.25) is 5.16 Å². The molecule has 6 heteroatoms. The largest absolute Gasteiger partial charge is 0.335 e. The zero-order chi connectivity index (χ0) is 15.5. The Kier molecular flexibility index (Phi) is 4.11. The molecule has 22 heavy (non-hydrogen) atoms. The highest BCUT2D eigenvalue weighted by atomic mass is 32.2. The molecule has 1 atom stereocenters. The van der Waals surface area contributed by atoms with Crippen LogP contribution in [0.1, 0.15) is 17.7 Å². The van der Waals surface area contributed by atoms with Crippen LogP contribution in [0.4, 0.5) is 4.39 Å². The molecule has 3 rings (SSSR count). The molecule has 1 heterocycles. The molecule has 2 N–H and O–H groups in total. The van der Waals surface area contributed by atoms with Gasteiger partial charge in [-0.2, -0.15) is 0 Å². The molecule has 0 aliphatic heterocycles. The number of rotatable bonds is 4. The van der Waals surface area contributed by atoms with Crippen LogP contribution in [0.15, 0.2) is 59.8 Å². The van der Waals surface area contributed by atoms with Gasteiger partial charge in [0, 0.05) is 10.8 Å². The molecule has 4 nitrogen and oxygen atoms in total. The quantitative estimate of drug-likeness (QED) is 0.590. The molecule has 0 spiro atoms. The molecule has 0 fully saturated rings. The van der Waals surface area contributed by atoms with Gasteiger partial charge >= 0.3 is 0 Å². The van der Waals surface area contributed by atoms with Gasteiger partial charge in [0.15, 0.2) is 5.82 Å². The number of thioether (sulfide) groups is 1. The zero-order valence-corrected chi connectivity index (χ0v) is 12.8. The van der Waals surface area contributed by atoms with Crippen molar-refractivity contribution in [3.05, 3.63) is 66.0 Å². The minimum Gasteiger partial charge on any atom is -0.335 e. The molecule has 0 saturated carbocycles. The summed E-state index contributed by atoms with van der Waals surface area (Å²) < 4.78 is 14.4. The molecule has 0 amide bonds. The van der Waals surface area contributed by atoms with Crippen LogP contribution in [0, 0.1) is 5.82 Å². The van der Waals surface area contributed by atoms with Crippen LogP contribution in [0.2, 0.25) is 0 Å². The first kappa shape index (κ1) is 14.6. The highest BCUT2D eigenvalue weighted by Crippen LogP contribution is 2.34. The number of nitrogens with zero attached hydrogens (tertiary/aromatic N) is 3. The third kappa shape index (κ3) is 2.96. The van der Waals surface area contributed by atoms with Crippen LogP contribution < -0.4 is 5.84 Å². The predicted molar refractivity (Wildman–Crippen MR) is 86.3 cm³/mol. The van der Waals surface area contributed by atoms with Gasteiger partial charge < -0.3 is 5.84 Å². The highest BCUT2D eigenvalue weighted by Gasteiger charge is 2.16. The van der Waals surface area contributed by atoms with Gasteiger partial charge in [0.1, 0.15) is 5.82 Å². The second-order valence-corrected chi connectivity index (χ2v) is 6.16. The van der Waals surface area contributed by atoms with Crippen LogP contribution in [0.25, 0.3) is 11.4 Å². The lowest BCUT2D eigenvalue weighted by molar-refractivity contribution is 0.628. The Morgan fingerprint density at radius 2 is 1.73 bits per heavy atom. The minimum absolute atomic E-state index is 0.203. The van der Waals surface area contributed by atoms with Gasteiger partial charge in [-0.05, 0) is 36.8 Å². The second kappa shape index (κ2) is 6.19. The molecule has 0 aliphatic carbocycles. The number of hydrogen-bond donors (Lipinski definition) is 1. The first-order chi connectivity index (χ1) is 10.6. The highest BCUT2D eigenvalue weighted by molar-refractivity contribution is 7.99. The summed E-state index contributed by atoms with van der Waals surface area (Å²) in [6, 6.07) is 16.2. The summed E-state index contributed by atoms with van der Waals surface area (Å²) in [6.45, 7) is 2.09. The SMILES string of the molecule is CC(Sc1nnc(-c2ccc(F)cc2)n1N)c1ccccc1. The van der Waals surface area contributed by atoms with Crippen molar-refractivity contribution < 1.29 is 4.39 Å². The monoisotopic (exact) mass is 314 g/mol. The number of hydrogen-bond acceptors (Lipinski definition) is 4. The molecular formula is C16H15FN4S. The van der Waals surface area contributed by atoms with E-state index in [-0.39, 0.29) is 11.1 Å². The van der Waals surface area contributed by atoms with Crippen LogP contribution in [-0.2, 0) is 0 Å². The van der Waals surface area contributed by atoms with Gasteiger partial charge in [-0.3, -0.25) is 0 Å². The predicted octanol–water partition coefficient (Wildman–Crippen LogP) is 3.65. The van der Waals surface area contributed by atoms with Crippen molar-refractivity contribution in [3.8, 4) is 11.4 Å². The fourth-order valence-corrected chi connectivity index (χ4v) is 3.00. The fraction of sp³-hybridized carbons (Fsp3) is 0.125. The van der Waals surface area contributed by atoms with E-state index in [1.807, 2.05) is 18.2 Å². The maximum atomic E-state index is 13.0. The fourth-order valence-electron chi connectivity index (χ4n) is 2.10. The number of aromatic nitrogens is 3. The molecule has 3 aromatic rings. The Labute approximate surface area is 132 Å². The molecule has 0 aliphatic rings. The molecule has 112 valence electrons. The van der Waals surface area contributed by atoms with E-state index in [9.17, 15) is 4.39 Å². The van der Waals surface area contributed by atoms with Crippen molar-refractivity contribution in [2.24, 2.45) is 0 Å². The van der Waals surface area contributed by atoms with E-state index in [2.05, 4.69) is 29.3 Å². The first-order valence-corrected chi connectivity index (χ1v) is 7.71. The van der Waals surface area contributed by atoms with Gasteiger partial charge in [0.05, 0.1) is 0 Å². The third-order valence-electron chi connectivity index (χ3n) is 3.32.